The molecule has 0 fully saturated rings. The Balaban J connectivity index is 1.02. The zero-order valence-electron chi connectivity index (χ0n) is 29.6. The van der Waals surface area contributed by atoms with Gasteiger partial charge < -0.3 is 9.32 Å². The van der Waals surface area contributed by atoms with Crippen molar-refractivity contribution < 1.29 is 4.42 Å². The molecule has 10 rings (SSSR count). The second kappa shape index (κ2) is 13.4. The molecule has 0 aliphatic rings. The van der Waals surface area contributed by atoms with Crippen molar-refractivity contribution in [2.75, 3.05) is 4.90 Å². The van der Waals surface area contributed by atoms with E-state index in [2.05, 4.69) is 217 Å². The number of nitrogens with zero attached hydrogens (tertiary/aromatic N) is 1. The van der Waals surface area contributed by atoms with Gasteiger partial charge >= 0.3 is 0 Å². The van der Waals surface area contributed by atoms with Gasteiger partial charge in [0.2, 0.25) is 0 Å². The fraction of sp³-hybridized carbons (Fsp3) is 0. The van der Waals surface area contributed by atoms with Gasteiger partial charge in [0.1, 0.15) is 11.2 Å². The Morgan fingerprint density at radius 3 is 1.46 bits per heavy atom. The molecule has 0 bridgehead atoms. The Morgan fingerprint density at radius 2 is 0.796 bits per heavy atom. The summed E-state index contributed by atoms with van der Waals surface area (Å²) in [6.45, 7) is 0. The van der Waals surface area contributed by atoms with Gasteiger partial charge in [-0.15, -0.1) is 0 Å². The van der Waals surface area contributed by atoms with Crippen LogP contribution >= 0.6 is 0 Å². The molecule has 0 unspecified atom stereocenters. The third-order valence-corrected chi connectivity index (χ3v) is 10.5. The first kappa shape index (κ1) is 31.6. The summed E-state index contributed by atoms with van der Waals surface area (Å²) in [5.41, 5.74) is 14.5. The van der Waals surface area contributed by atoms with Crippen molar-refractivity contribution in [3.8, 4) is 44.5 Å². The summed E-state index contributed by atoms with van der Waals surface area (Å²) >= 11 is 0. The van der Waals surface area contributed by atoms with Gasteiger partial charge in [0.05, 0.1) is 5.69 Å². The fourth-order valence-electron chi connectivity index (χ4n) is 7.73. The summed E-state index contributed by atoms with van der Waals surface area (Å²) in [6.07, 6.45) is 0. The topological polar surface area (TPSA) is 16.4 Å². The molecule has 0 saturated heterocycles. The molecule has 0 atom stereocenters. The zero-order valence-corrected chi connectivity index (χ0v) is 29.6. The number of benzene rings is 9. The normalized spacial score (nSPS) is 11.3. The van der Waals surface area contributed by atoms with Crippen LogP contribution in [0.1, 0.15) is 0 Å². The number of anilines is 3. The third-order valence-electron chi connectivity index (χ3n) is 10.5. The molecule has 2 heteroatoms. The highest BCUT2D eigenvalue weighted by Crippen LogP contribution is 2.42. The van der Waals surface area contributed by atoms with Crippen LogP contribution in [-0.2, 0) is 0 Å². The van der Waals surface area contributed by atoms with E-state index in [0.29, 0.717) is 0 Å². The van der Waals surface area contributed by atoms with E-state index in [1.807, 2.05) is 0 Å². The maximum atomic E-state index is 6.52. The lowest BCUT2D eigenvalue weighted by Crippen LogP contribution is -2.11. The van der Waals surface area contributed by atoms with E-state index >= 15 is 0 Å². The predicted molar refractivity (Wildman–Crippen MR) is 228 cm³/mol. The number of para-hydroxylation sites is 1. The molecule has 0 aliphatic carbocycles. The Morgan fingerprint density at radius 1 is 0.315 bits per heavy atom. The highest BCUT2D eigenvalue weighted by atomic mass is 16.3. The highest BCUT2D eigenvalue weighted by Gasteiger charge is 2.18. The van der Waals surface area contributed by atoms with Crippen molar-refractivity contribution >= 4 is 49.8 Å². The van der Waals surface area contributed by atoms with Crippen LogP contribution in [0.3, 0.4) is 0 Å². The maximum absolute atomic E-state index is 6.52. The lowest BCUT2D eigenvalue weighted by atomic mass is 9.99. The minimum absolute atomic E-state index is 0.899. The Bertz CT molecular complexity index is 2890. The van der Waals surface area contributed by atoms with Crippen LogP contribution in [0.15, 0.2) is 217 Å². The van der Waals surface area contributed by atoms with E-state index in [1.54, 1.807) is 0 Å². The second-order valence-corrected chi connectivity index (χ2v) is 13.7. The minimum atomic E-state index is 0.899. The monoisotopic (exact) mass is 689 g/mol. The quantitative estimate of drug-likeness (QED) is 0.166. The molecular weight excluding hydrogens is 655 g/mol. The average molecular weight is 690 g/mol. The van der Waals surface area contributed by atoms with Gasteiger partial charge in [-0.1, -0.05) is 164 Å². The van der Waals surface area contributed by atoms with E-state index in [1.165, 1.54) is 38.8 Å². The molecule has 254 valence electrons. The zero-order chi connectivity index (χ0) is 35.8. The molecule has 10 aromatic rings. The van der Waals surface area contributed by atoms with Crippen LogP contribution in [0.5, 0.6) is 0 Å². The van der Waals surface area contributed by atoms with Gasteiger partial charge in [-0.3, -0.25) is 0 Å². The smallest absolute Gasteiger partial charge is 0.143 e. The summed E-state index contributed by atoms with van der Waals surface area (Å²) in [5.74, 6) is 0. The summed E-state index contributed by atoms with van der Waals surface area (Å²) < 4.78 is 6.52. The minimum Gasteiger partial charge on any atom is -0.455 e. The van der Waals surface area contributed by atoms with Crippen molar-refractivity contribution in [2.24, 2.45) is 0 Å². The molecule has 0 N–H and O–H groups in total. The van der Waals surface area contributed by atoms with Crippen LogP contribution in [0, 0.1) is 0 Å². The Labute approximate surface area is 314 Å². The lowest BCUT2D eigenvalue weighted by Gasteiger charge is -2.28. The number of hydrogen-bond acceptors (Lipinski definition) is 2. The molecule has 9 aromatic carbocycles. The summed E-state index contributed by atoms with van der Waals surface area (Å²) in [4.78, 5) is 2.36. The first-order valence-corrected chi connectivity index (χ1v) is 18.4. The standard InChI is InChI=1S/C52H35NO/c1-3-11-36(12-4-1)37-19-21-38(22-20-37)39-23-29-44(30-24-39)53(50-18-10-9-16-46(50)41-13-5-2-6-14-41)45-31-25-40(26-32-45)43-28-33-48-49-34-27-42-15-7-8-17-47(42)52(49)54-51(48)35-43/h1-35H. The molecule has 0 amide bonds. The van der Waals surface area contributed by atoms with E-state index in [9.17, 15) is 0 Å². The van der Waals surface area contributed by atoms with Crippen LogP contribution in [-0.4, -0.2) is 0 Å². The molecule has 0 saturated carbocycles. The first-order chi connectivity index (χ1) is 26.8. The molecule has 1 heterocycles. The van der Waals surface area contributed by atoms with E-state index in [4.69, 9.17) is 4.42 Å². The number of fused-ring (bicyclic) bond motifs is 5. The molecule has 1 aromatic heterocycles. The molecular formula is C52H35NO. The van der Waals surface area contributed by atoms with Crippen molar-refractivity contribution in [3.63, 3.8) is 0 Å². The fourth-order valence-corrected chi connectivity index (χ4v) is 7.73. The van der Waals surface area contributed by atoms with E-state index < -0.39 is 0 Å². The molecule has 54 heavy (non-hydrogen) atoms. The average Bonchev–Trinajstić information content (AvgIpc) is 3.64. The van der Waals surface area contributed by atoms with E-state index in [-0.39, 0.29) is 0 Å². The van der Waals surface area contributed by atoms with Crippen molar-refractivity contribution in [3.05, 3.63) is 212 Å². The first-order valence-electron chi connectivity index (χ1n) is 18.4. The van der Waals surface area contributed by atoms with Gasteiger partial charge in [0.25, 0.3) is 0 Å². The number of furan rings is 1. The summed E-state index contributed by atoms with van der Waals surface area (Å²) in [7, 11) is 0. The Hall–Kier alpha value is -7.16. The molecule has 0 radical (unpaired) electrons. The lowest BCUT2D eigenvalue weighted by molar-refractivity contribution is 0.673. The predicted octanol–water partition coefficient (Wildman–Crippen LogP) is 14.9. The van der Waals surface area contributed by atoms with Gasteiger partial charge in [-0.2, -0.15) is 0 Å². The van der Waals surface area contributed by atoms with Gasteiger partial charge in [0.15, 0.2) is 0 Å². The van der Waals surface area contributed by atoms with Gasteiger partial charge in [0, 0.05) is 33.1 Å². The third kappa shape index (κ3) is 5.71. The maximum Gasteiger partial charge on any atom is 0.143 e. The SMILES string of the molecule is c1ccc(-c2ccc(-c3ccc(N(c4ccc(-c5ccc6c(c5)oc5c7ccccc7ccc65)cc4)c4ccccc4-c4ccccc4)cc3)cc2)cc1. The van der Waals surface area contributed by atoms with Crippen molar-refractivity contribution in [2.45, 2.75) is 0 Å². The second-order valence-electron chi connectivity index (χ2n) is 13.7. The van der Waals surface area contributed by atoms with Crippen molar-refractivity contribution in [1.29, 1.82) is 0 Å². The summed E-state index contributed by atoms with van der Waals surface area (Å²) in [6, 6.07) is 75.8. The van der Waals surface area contributed by atoms with E-state index in [0.717, 1.165) is 55.5 Å². The molecule has 0 spiro atoms. The Kier molecular flexibility index (Phi) is 7.85. The van der Waals surface area contributed by atoms with Crippen LogP contribution in [0.25, 0.3) is 77.2 Å². The molecule has 0 aliphatic heterocycles. The summed E-state index contributed by atoms with van der Waals surface area (Å²) in [5, 5.41) is 4.61. The number of rotatable bonds is 7. The van der Waals surface area contributed by atoms with Gasteiger partial charge in [-0.25, -0.2) is 0 Å². The van der Waals surface area contributed by atoms with Crippen LogP contribution in [0.2, 0.25) is 0 Å². The van der Waals surface area contributed by atoms with Crippen molar-refractivity contribution in [1.82, 2.24) is 0 Å². The van der Waals surface area contributed by atoms with Crippen LogP contribution in [0.4, 0.5) is 17.1 Å². The number of hydrogen-bond donors (Lipinski definition) is 0. The molecule has 2 nitrogen and oxygen atoms in total. The largest absolute Gasteiger partial charge is 0.455 e. The highest BCUT2D eigenvalue weighted by molar-refractivity contribution is 6.15. The van der Waals surface area contributed by atoms with Crippen LogP contribution < -0.4 is 4.90 Å². The van der Waals surface area contributed by atoms with Gasteiger partial charge in [-0.05, 0) is 92.9 Å².